The van der Waals surface area contributed by atoms with Gasteiger partial charge in [-0.15, -0.1) is 0 Å². The summed E-state index contributed by atoms with van der Waals surface area (Å²) in [6.45, 7) is 2.94. The molecule has 1 saturated heterocycles. The average molecular weight is 293 g/mol. The largest absolute Gasteiger partial charge is 0.390 e. The first kappa shape index (κ1) is 15.2. The number of hydrogen-bond donors (Lipinski definition) is 2. The van der Waals surface area contributed by atoms with Crippen LogP contribution in [0.15, 0.2) is 18.2 Å². The topological polar surface area (TPSA) is 110 Å². The lowest BCUT2D eigenvalue weighted by atomic mass is 9.98. The van der Waals surface area contributed by atoms with E-state index < -0.39 is 16.4 Å². The molecule has 1 amide bonds. The summed E-state index contributed by atoms with van der Waals surface area (Å²) in [6.07, 6.45) is 1.96. The number of nitro groups is 1. The second kappa shape index (κ2) is 5.69. The molecule has 3 N–H and O–H groups in total. The van der Waals surface area contributed by atoms with Gasteiger partial charge in [0.1, 0.15) is 5.69 Å². The lowest BCUT2D eigenvalue weighted by Gasteiger charge is -2.24. The first-order valence-electron chi connectivity index (χ1n) is 6.86. The Kier molecular flexibility index (Phi) is 4.13. The van der Waals surface area contributed by atoms with Gasteiger partial charge in [-0.05, 0) is 38.3 Å². The highest BCUT2D eigenvalue weighted by molar-refractivity contribution is 5.94. The van der Waals surface area contributed by atoms with Gasteiger partial charge in [-0.25, -0.2) is 0 Å². The molecule has 21 heavy (non-hydrogen) atoms. The SMILES string of the molecule is CC1(O)CCCN(c2ccc(C(N)=O)cc2[N+](=O)[O-])CC1. The predicted molar refractivity (Wildman–Crippen MR) is 78.3 cm³/mol. The molecule has 1 unspecified atom stereocenters. The Morgan fingerprint density at radius 2 is 2.14 bits per heavy atom. The molecule has 1 heterocycles. The molecule has 0 bridgehead atoms. The maximum Gasteiger partial charge on any atom is 0.293 e. The third-order valence-corrected chi connectivity index (χ3v) is 3.86. The summed E-state index contributed by atoms with van der Waals surface area (Å²) in [6, 6.07) is 4.26. The first-order valence-corrected chi connectivity index (χ1v) is 6.86. The molecule has 0 saturated carbocycles. The van der Waals surface area contributed by atoms with Gasteiger partial charge >= 0.3 is 0 Å². The summed E-state index contributed by atoms with van der Waals surface area (Å²) in [5.74, 6) is -0.691. The number of anilines is 1. The Morgan fingerprint density at radius 3 is 2.76 bits per heavy atom. The first-order chi connectivity index (χ1) is 9.80. The number of nitro benzene ring substituents is 1. The molecule has 0 aromatic heterocycles. The second-order valence-corrected chi connectivity index (χ2v) is 5.66. The predicted octanol–water partition coefficient (Wildman–Crippen LogP) is 1.44. The van der Waals surface area contributed by atoms with Crippen molar-refractivity contribution in [2.24, 2.45) is 5.73 Å². The molecule has 2 rings (SSSR count). The van der Waals surface area contributed by atoms with E-state index in [0.29, 0.717) is 31.6 Å². The summed E-state index contributed by atoms with van der Waals surface area (Å²) in [5, 5.41) is 21.3. The van der Waals surface area contributed by atoms with Crippen LogP contribution in [-0.4, -0.2) is 34.6 Å². The van der Waals surface area contributed by atoms with Gasteiger partial charge in [-0.3, -0.25) is 14.9 Å². The number of rotatable bonds is 3. The van der Waals surface area contributed by atoms with Gasteiger partial charge in [0.15, 0.2) is 0 Å². The number of nitrogens with zero attached hydrogens (tertiary/aromatic N) is 2. The van der Waals surface area contributed by atoms with E-state index in [1.54, 1.807) is 13.0 Å². The van der Waals surface area contributed by atoms with Crippen molar-refractivity contribution in [2.45, 2.75) is 31.8 Å². The highest BCUT2D eigenvalue weighted by Crippen LogP contribution is 2.32. The molecular formula is C14H19N3O4. The second-order valence-electron chi connectivity index (χ2n) is 5.66. The van der Waals surface area contributed by atoms with Gasteiger partial charge in [-0.1, -0.05) is 0 Å². The summed E-state index contributed by atoms with van der Waals surface area (Å²) >= 11 is 0. The van der Waals surface area contributed by atoms with E-state index >= 15 is 0 Å². The lowest BCUT2D eigenvalue weighted by molar-refractivity contribution is -0.384. The molecule has 7 nitrogen and oxygen atoms in total. The van der Waals surface area contributed by atoms with Crippen LogP contribution in [0.2, 0.25) is 0 Å². The maximum atomic E-state index is 11.2. The van der Waals surface area contributed by atoms with Crippen LogP contribution in [0, 0.1) is 10.1 Å². The van der Waals surface area contributed by atoms with E-state index in [9.17, 15) is 20.0 Å². The number of aliphatic hydroxyl groups is 1. The van der Waals surface area contributed by atoms with Crippen LogP contribution >= 0.6 is 0 Å². The van der Waals surface area contributed by atoms with Gasteiger partial charge < -0.3 is 15.7 Å². The number of hydrogen-bond acceptors (Lipinski definition) is 5. The number of amides is 1. The smallest absolute Gasteiger partial charge is 0.293 e. The van der Waals surface area contributed by atoms with Crippen molar-refractivity contribution in [1.29, 1.82) is 0 Å². The van der Waals surface area contributed by atoms with Crippen molar-refractivity contribution in [2.75, 3.05) is 18.0 Å². The zero-order valence-corrected chi connectivity index (χ0v) is 11.9. The fourth-order valence-corrected chi connectivity index (χ4v) is 2.59. The highest BCUT2D eigenvalue weighted by atomic mass is 16.6. The summed E-state index contributed by atoms with van der Waals surface area (Å²) < 4.78 is 0. The molecule has 0 radical (unpaired) electrons. The van der Waals surface area contributed by atoms with Gasteiger partial charge in [0, 0.05) is 24.7 Å². The molecule has 1 atom stereocenters. The van der Waals surface area contributed by atoms with E-state index in [4.69, 9.17) is 5.73 Å². The maximum absolute atomic E-state index is 11.2. The number of carbonyl (C=O) groups is 1. The van der Waals surface area contributed by atoms with Crippen LogP contribution in [0.1, 0.15) is 36.5 Å². The number of nitrogens with two attached hydrogens (primary N) is 1. The highest BCUT2D eigenvalue weighted by Gasteiger charge is 2.28. The van der Waals surface area contributed by atoms with Crippen molar-refractivity contribution in [3.63, 3.8) is 0 Å². The van der Waals surface area contributed by atoms with E-state index in [0.717, 1.165) is 6.42 Å². The Balaban J connectivity index is 2.34. The number of carbonyl (C=O) groups excluding carboxylic acids is 1. The molecule has 1 aromatic carbocycles. The van der Waals surface area contributed by atoms with Gasteiger partial charge in [0.05, 0.1) is 10.5 Å². The third-order valence-electron chi connectivity index (χ3n) is 3.86. The molecule has 1 fully saturated rings. The Hall–Kier alpha value is -2.15. The fourth-order valence-electron chi connectivity index (χ4n) is 2.59. The minimum Gasteiger partial charge on any atom is -0.390 e. The van der Waals surface area contributed by atoms with Gasteiger partial charge in [0.25, 0.3) is 5.69 Å². The standard InChI is InChI=1S/C14H19N3O4/c1-14(19)5-2-7-16(8-6-14)11-4-3-10(13(15)18)9-12(11)17(20)21/h3-4,9,19H,2,5-8H2,1H3,(H2,15,18). The molecule has 114 valence electrons. The van der Waals surface area contributed by atoms with E-state index in [1.807, 2.05) is 4.90 Å². The lowest BCUT2D eigenvalue weighted by Crippen LogP contribution is -2.28. The molecule has 0 spiro atoms. The Labute approximate surface area is 122 Å². The zero-order valence-electron chi connectivity index (χ0n) is 11.9. The minimum absolute atomic E-state index is 0.118. The normalized spacial score (nSPS) is 22.7. The molecular weight excluding hydrogens is 274 g/mol. The minimum atomic E-state index is -0.739. The third kappa shape index (κ3) is 3.49. The van der Waals surface area contributed by atoms with Crippen LogP contribution in [0.4, 0.5) is 11.4 Å². The summed E-state index contributed by atoms with van der Waals surface area (Å²) in [7, 11) is 0. The molecule has 0 aliphatic carbocycles. The van der Waals surface area contributed by atoms with Crippen molar-refractivity contribution >= 4 is 17.3 Å². The van der Waals surface area contributed by atoms with Crippen molar-refractivity contribution < 1.29 is 14.8 Å². The van der Waals surface area contributed by atoms with E-state index in [-0.39, 0.29) is 11.3 Å². The van der Waals surface area contributed by atoms with Crippen molar-refractivity contribution in [3.8, 4) is 0 Å². The van der Waals surface area contributed by atoms with Gasteiger partial charge in [0.2, 0.25) is 5.91 Å². The number of benzene rings is 1. The summed E-state index contributed by atoms with van der Waals surface area (Å²) in [4.78, 5) is 23.8. The monoisotopic (exact) mass is 293 g/mol. The van der Waals surface area contributed by atoms with Crippen LogP contribution in [-0.2, 0) is 0 Å². The molecule has 1 aliphatic heterocycles. The van der Waals surface area contributed by atoms with Crippen LogP contribution in [0.3, 0.4) is 0 Å². The van der Waals surface area contributed by atoms with Crippen LogP contribution in [0.5, 0.6) is 0 Å². The Bertz CT molecular complexity index is 571. The molecule has 7 heteroatoms. The van der Waals surface area contributed by atoms with Crippen LogP contribution < -0.4 is 10.6 Å². The molecule has 1 aliphatic rings. The quantitative estimate of drug-likeness (QED) is 0.647. The van der Waals surface area contributed by atoms with E-state index in [1.165, 1.54) is 12.1 Å². The van der Waals surface area contributed by atoms with E-state index in [2.05, 4.69) is 0 Å². The van der Waals surface area contributed by atoms with Crippen LogP contribution in [0.25, 0.3) is 0 Å². The van der Waals surface area contributed by atoms with Crippen molar-refractivity contribution in [3.05, 3.63) is 33.9 Å². The number of primary amides is 1. The zero-order chi connectivity index (χ0) is 15.6. The fraction of sp³-hybridized carbons (Fsp3) is 0.500. The summed E-state index contributed by atoms with van der Waals surface area (Å²) in [5.41, 5.74) is 4.87. The van der Waals surface area contributed by atoms with Gasteiger partial charge in [-0.2, -0.15) is 0 Å². The average Bonchev–Trinajstić information content (AvgIpc) is 2.59. The Morgan fingerprint density at radius 1 is 1.43 bits per heavy atom. The van der Waals surface area contributed by atoms with Crippen molar-refractivity contribution in [1.82, 2.24) is 0 Å². The molecule has 1 aromatic rings.